The van der Waals surface area contributed by atoms with Crippen molar-refractivity contribution in [2.24, 2.45) is 0 Å². The zero-order chi connectivity index (χ0) is 20.7. The molecule has 1 fully saturated rings. The highest BCUT2D eigenvalue weighted by Crippen LogP contribution is 2.31. The number of anilines is 1. The fourth-order valence-corrected chi connectivity index (χ4v) is 3.94. The summed E-state index contributed by atoms with van der Waals surface area (Å²) in [6, 6.07) is 9.41. The quantitative estimate of drug-likeness (QED) is 0.472. The van der Waals surface area contributed by atoms with Crippen LogP contribution in [0.3, 0.4) is 0 Å². The van der Waals surface area contributed by atoms with Crippen LogP contribution in [0.4, 0.5) is 5.82 Å². The van der Waals surface area contributed by atoms with E-state index in [0.717, 1.165) is 43.2 Å². The fraction of sp³-hybridized carbons (Fsp3) is 0.300. The minimum absolute atomic E-state index is 0.0666. The number of piperazine rings is 1. The number of rotatable bonds is 4. The van der Waals surface area contributed by atoms with Crippen molar-refractivity contribution in [2.75, 3.05) is 31.1 Å². The van der Waals surface area contributed by atoms with E-state index in [0.29, 0.717) is 21.7 Å². The van der Waals surface area contributed by atoms with E-state index in [9.17, 15) is 0 Å². The Balaban J connectivity index is 1.26. The molecule has 4 aromatic rings. The Hall–Kier alpha value is -2.68. The van der Waals surface area contributed by atoms with Gasteiger partial charge in [0.25, 0.3) is 0 Å². The van der Waals surface area contributed by atoms with Gasteiger partial charge in [0, 0.05) is 31.7 Å². The Morgan fingerprint density at radius 3 is 2.67 bits per heavy atom. The standard InChI is InChI=1S/C20H19Cl2N7O/c1-13(20-23-11-17(30-20)14-2-3-15(21)16(22)10-14)27-6-8-28(9-7-27)19-5-4-18-25-24-12-29(18)26-19/h2-5,10-13H,6-9H2,1H3. The van der Waals surface area contributed by atoms with Crippen LogP contribution >= 0.6 is 23.2 Å². The van der Waals surface area contributed by atoms with E-state index in [1.54, 1.807) is 29.2 Å². The molecule has 30 heavy (non-hydrogen) atoms. The highest BCUT2D eigenvalue weighted by atomic mass is 35.5. The van der Waals surface area contributed by atoms with Crippen LogP contribution in [0.1, 0.15) is 18.9 Å². The molecule has 0 N–H and O–H groups in total. The molecule has 1 unspecified atom stereocenters. The largest absolute Gasteiger partial charge is 0.439 e. The maximum absolute atomic E-state index is 6.12. The Labute approximate surface area is 183 Å². The lowest BCUT2D eigenvalue weighted by Crippen LogP contribution is -2.47. The van der Waals surface area contributed by atoms with Crippen molar-refractivity contribution < 1.29 is 4.42 Å². The number of fused-ring (bicyclic) bond motifs is 1. The van der Waals surface area contributed by atoms with Gasteiger partial charge in [0.15, 0.2) is 11.4 Å². The van der Waals surface area contributed by atoms with E-state index in [1.165, 1.54) is 0 Å². The first kappa shape index (κ1) is 19.3. The van der Waals surface area contributed by atoms with Crippen molar-refractivity contribution in [2.45, 2.75) is 13.0 Å². The van der Waals surface area contributed by atoms with Crippen LogP contribution in [0, 0.1) is 0 Å². The summed E-state index contributed by atoms with van der Waals surface area (Å²) >= 11 is 12.1. The summed E-state index contributed by atoms with van der Waals surface area (Å²) in [5, 5.41) is 13.5. The van der Waals surface area contributed by atoms with Crippen molar-refractivity contribution in [1.29, 1.82) is 0 Å². The third-order valence-electron chi connectivity index (χ3n) is 5.42. The number of hydrogen-bond donors (Lipinski definition) is 0. The molecule has 1 atom stereocenters. The van der Waals surface area contributed by atoms with Crippen LogP contribution < -0.4 is 4.90 Å². The number of hydrogen-bond acceptors (Lipinski definition) is 7. The molecule has 1 saturated heterocycles. The second-order valence-electron chi connectivity index (χ2n) is 7.22. The average Bonchev–Trinajstić information content (AvgIpc) is 3.44. The predicted molar refractivity (Wildman–Crippen MR) is 115 cm³/mol. The molecule has 0 saturated carbocycles. The molecule has 1 aliphatic heterocycles. The molecule has 154 valence electrons. The van der Waals surface area contributed by atoms with Gasteiger partial charge in [-0.1, -0.05) is 23.2 Å². The summed E-state index contributed by atoms with van der Waals surface area (Å²) in [4.78, 5) is 9.12. The molecule has 5 rings (SSSR count). The Bertz CT molecular complexity index is 1180. The van der Waals surface area contributed by atoms with E-state index >= 15 is 0 Å². The number of nitrogens with zero attached hydrogens (tertiary/aromatic N) is 7. The number of oxazole rings is 1. The normalized spacial score (nSPS) is 16.3. The van der Waals surface area contributed by atoms with E-state index in [-0.39, 0.29) is 6.04 Å². The van der Waals surface area contributed by atoms with Gasteiger partial charge in [0.2, 0.25) is 5.89 Å². The second kappa shape index (κ2) is 7.86. The Morgan fingerprint density at radius 2 is 1.87 bits per heavy atom. The van der Waals surface area contributed by atoms with Crippen LogP contribution in [-0.4, -0.2) is 55.9 Å². The topological polar surface area (TPSA) is 75.6 Å². The highest BCUT2D eigenvalue weighted by Gasteiger charge is 2.26. The Kier molecular flexibility index (Phi) is 5.06. The van der Waals surface area contributed by atoms with Crippen molar-refractivity contribution in [3.8, 4) is 11.3 Å². The van der Waals surface area contributed by atoms with Gasteiger partial charge in [0.1, 0.15) is 12.1 Å². The van der Waals surface area contributed by atoms with Crippen molar-refractivity contribution in [3.63, 3.8) is 0 Å². The molecule has 8 nitrogen and oxygen atoms in total. The van der Waals surface area contributed by atoms with Crippen LogP contribution in [0.25, 0.3) is 17.0 Å². The van der Waals surface area contributed by atoms with Gasteiger partial charge in [0.05, 0.1) is 22.3 Å². The molecule has 0 radical (unpaired) electrons. The van der Waals surface area contributed by atoms with Crippen LogP contribution in [0.15, 0.2) is 47.3 Å². The molecule has 10 heteroatoms. The minimum Gasteiger partial charge on any atom is -0.439 e. The summed E-state index contributed by atoms with van der Waals surface area (Å²) in [7, 11) is 0. The van der Waals surface area contributed by atoms with Crippen LogP contribution in [-0.2, 0) is 0 Å². The molecule has 4 heterocycles. The number of halogens is 2. The summed E-state index contributed by atoms with van der Waals surface area (Å²) in [6.45, 7) is 5.61. The van der Waals surface area contributed by atoms with E-state index in [1.807, 2.05) is 18.2 Å². The first-order valence-electron chi connectivity index (χ1n) is 9.66. The SMILES string of the molecule is CC(c1ncc(-c2ccc(Cl)c(Cl)c2)o1)N1CCN(c2ccc3nncn3n2)CC1. The van der Waals surface area contributed by atoms with Gasteiger partial charge in [-0.15, -0.1) is 15.3 Å². The number of benzene rings is 1. The first-order chi connectivity index (χ1) is 14.6. The maximum Gasteiger partial charge on any atom is 0.211 e. The third-order valence-corrected chi connectivity index (χ3v) is 6.16. The smallest absolute Gasteiger partial charge is 0.211 e. The lowest BCUT2D eigenvalue weighted by molar-refractivity contribution is 0.173. The van der Waals surface area contributed by atoms with Gasteiger partial charge in [-0.05, 0) is 37.3 Å². The van der Waals surface area contributed by atoms with Gasteiger partial charge in [-0.2, -0.15) is 4.52 Å². The Morgan fingerprint density at radius 1 is 1.03 bits per heavy atom. The maximum atomic E-state index is 6.12. The first-order valence-corrected chi connectivity index (χ1v) is 10.4. The summed E-state index contributed by atoms with van der Waals surface area (Å²) < 4.78 is 7.73. The third kappa shape index (κ3) is 3.62. The molecule has 1 aliphatic rings. The van der Waals surface area contributed by atoms with Gasteiger partial charge in [-0.3, -0.25) is 4.90 Å². The van der Waals surface area contributed by atoms with Crippen LogP contribution in [0.2, 0.25) is 10.0 Å². The van der Waals surface area contributed by atoms with Crippen molar-refractivity contribution in [3.05, 3.63) is 58.8 Å². The monoisotopic (exact) mass is 443 g/mol. The molecular formula is C20H19Cl2N7O. The molecule has 0 amide bonds. The molecule has 1 aromatic carbocycles. The van der Waals surface area contributed by atoms with Crippen LogP contribution in [0.5, 0.6) is 0 Å². The molecule has 0 aliphatic carbocycles. The zero-order valence-corrected chi connectivity index (χ0v) is 17.8. The summed E-state index contributed by atoms with van der Waals surface area (Å²) in [6.07, 6.45) is 3.35. The van der Waals surface area contributed by atoms with E-state index in [4.69, 9.17) is 27.6 Å². The van der Waals surface area contributed by atoms with Gasteiger partial charge >= 0.3 is 0 Å². The molecule has 3 aromatic heterocycles. The van der Waals surface area contributed by atoms with Gasteiger partial charge in [-0.25, -0.2) is 4.98 Å². The van der Waals surface area contributed by atoms with Gasteiger partial charge < -0.3 is 9.32 Å². The molecular weight excluding hydrogens is 425 g/mol. The lowest BCUT2D eigenvalue weighted by Gasteiger charge is -2.37. The van der Waals surface area contributed by atoms with E-state index < -0.39 is 0 Å². The van der Waals surface area contributed by atoms with Crippen molar-refractivity contribution in [1.82, 2.24) is 29.7 Å². The van der Waals surface area contributed by atoms with E-state index in [2.05, 4.69) is 37.0 Å². The lowest BCUT2D eigenvalue weighted by atomic mass is 10.2. The number of aromatic nitrogens is 5. The minimum atomic E-state index is 0.0666. The highest BCUT2D eigenvalue weighted by molar-refractivity contribution is 6.42. The molecule has 0 bridgehead atoms. The zero-order valence-electron chi connectivity index (χ0n) is 16.2. The molecule has 0 spiro atoms. The fourth-order valence-electron chi connectivity index (χ4n) is 3.65. The van der Waals surface area contributed by atoms with Crippen molar-refractivity contribution >= 4 is 34.7 Å². The second-order valence-corrected chi connectivity index (χ2v) is 8.03. The average molecular weight is 444 g/mol. The predicted octanol–water partition coefficient (Wildman–Crippen LogP) is 3.97. The summed E-state index contributed by atoms with van der Waals surface area (Å²) in [5.41, 5.74) is 1.60. The summed E-state index contributed by atoms with van der Waals surface area (Å²) in [5.74, 6) is 2.29.